The van der Waals surface area contributed by atoms with E-state index in [1.165, 1.54) is 0 Å². The third-order valence-corrected chi connectivity index (χ3v) is 3.69. The molecular weight excluding hydrogens is 318 g/mol. The molecule has 0 aromatic heterocycles. The second-order valence-electron chi connectivity index (χ2n) is 5.48. The fourth-order valence-electron chi connectivity index (χ4n) is 2.48. The largest absolute Gasteiger partial charge is 0.482 e. The molecule has 0 radical (unpaired) electrons. The first-order valence-corrected chi connectivity index (χ1v) is 7.79. The Hall–Kier alpha value is -3.34. The molecule has 0 fully saturated rings. The summed E-state index contributed by atoms with van der Waals surface area (Å²) in [7, 11) is 0. The van der Waals surface area contributed by atoms with Gasteiger partial charge in [0.25, 0.3) is 5.91 Å². The third kappa shape index (κ3) is 4.14. The standard InChI is InChI=1S/C20H17NO4/c21-20(23)19(15-7-2-1-3-8-15)25-18(22)13-24-17-11-10-14-6-4-5-9-16(14)12-17/h1-12,19H,13H2,(H2,21,23)/t19-/m0/s1. The Morgan fingerprint density at radius 1 is 0.880 bits per heavy atom. The average molecular weight is 335 g/mol. The number of fused-ring (bicyclic) bond motifs is 1. The number of hydrogen-bond donors (Lipinski definition) is 1. The lowest BCUT2D eigenvalue weighted by Crippen LogP contribution is -2.28. The molecular formula is C20H17NO4. The summed E-state index contributed by atoms with van der Waals surface area (Å²) in [4.78, 5) is 23.6. The maximum atomic E-state index is 12.0. The van der Waals surface area contributed by atoms with Crippen molar-refractivity contribution in [1.29, 1.82) is 0 Å². The zero-order valence-electron chi connectivity index (χ0n) is 13.4. The molecule has 0 bridgehead atoms. The minimum Gasteiger partial charge on any atom is -0.482 e. The van der Waals surface area contributed by atoms with Gasteiger partial charge in [0, 0.05) is 5.56 Å². The number of carbonyl (C=O) groups is 2. The molecule has 0 saturated carbocycles. The number of esters is 1. The molecule has 0 spiro atoms. The lowest BCUT2D eigenvalue weighted by Gasteiger charge is -2.15. The zero-order valence-corrected chi connectivity index (χ0v) is 13.4. The Kier molecular flexibility index (Phi) is 4.95. The van der Waals surface area contributed by atoms with Crippen LogP contribution in [0.1, 0.15) is 11.7 Å². The Morgan fingerprint density at radius 2 is 1.56 bits per heavy atom. The van der Waals surface area contributed by atoms with Gasteiger partial charge in [-0.2, -0.15) is 0 Å². The van der Waals surface area contributed by atoms with Crippen molar-refractivity contribution in [3.8, 4) is 5.75 Å². The van der Waals surface area contributed by atoms with E-state index in [1.807, 2.05) is 36.4 Å². The molecule has 3 aromatic carbocycles. The van der Waals surface area contributed by atoms with E-state index < -0.39 is 18.0 Å². The first kappa shape index (κ1) is 16.5. The minimum atomic E-state index is -1.13. The van der Waals surface area contributed by atoms with Crippen LogP contribution in [0.5, 0.6) is 5.75 Å². The Balaban J connectivity index is 1.64. The molecule has 1 amide bonds. The van der Waals surface area contributed by atoms with Gasteiger partial charge >= 0.3 is 5.97 Å². The van der Waals surface area contributed by atoms with Crippen LogP contribution in [0.2, 0.25) is 0 Å². The third-order valence-electron chi connectivity index (χ3n) is 3.69. The van der Waals surface area contributed by atoms with Crippen molar-refractivity contribution in [2.45, 2.75) is 6.10 Å². The molecule has 0 aliphatic carbocycles. The van der Waals surface area contributed by atoms with Crippen LogP contribution < -0.4 is 10.5 Å². The van der Waals surface area contributed by atoms with E-state index in [2.05, 4.69) is 0 Å². The molecule has 0 saturated heterocycles. The van der Waals surface area contributed by atoms with Crippen molar-refractivity contribution in [3.63, 3.8) is 0 Å². The number of primary amides is 1. The number of hydrogen-bond acceptors (Lipinski definition) is 4. The van der Waals surface area contributed by atoms with E-state index in [0.29, 0.717) is 11.3 Å². The molecule has 3 aromatic rings. The van der Waals surface area contributed by atoms with Crippen molar-refractivity contribution in [2.24, 2.45) is 5.73 Å². The normalized spacial score (nSPS) is 11.7. The monoisotopic (exact) mass is 335 g/mol. The minimum absolute atomic E-state index is 0.311. The fourth-order valence-corrected chi connectivity index (χ4v) is 2.48. The predicted molar refractivity (Wildman–Crippen MR) is 93.9 cm³/mol. The summed E-state index contributed by atoms with van der Waals surface area (Å²) in [5.74, 6) is -0.850. The van der Waals surface area contributed by atoms with Crippen LogP contribution in [0.15, 0.2) is 72.8 Å². The van der Waals surface area contributed by atoms with Gasteiger partial charge in [-0.25, -0.2) is 4.79 Å². The molecule has 1 atom stereocenters. The molecule has 0 aliphatic rings. The second-order valence-corrected chi connectivity index (χ2v) is 5.48. The molecule has 25 heavy (non-hydrogen) atoms. The van der Waals surface area contributed by atoms with Gasteiger partial charge in [-0.15, -0.1) is 0 Å². The van der Waals surface area contributed by atoms with Crippen LogP contribution in [0.3, 0.4) is 0 Å². The summed E-state index contributed by atoms with van der Waals surface area (Å²) in [6, 6.07) is 22.0. The highest BCUT2D eigenvalue weighted by atomic mass is 16.6. The van der Waals surface area contributed by atoms with E-state index in [1.54, 1.807) is 36.4 Å². The Labute approximate surface area is 145 Å². The number of rotatable bonds is 6. The lowest BCUT2D eigenvalue weighted by molar-refractivity contribution is -0.157. The highest BCUT2D eigenvalue weighted by Crippen LogP contribution is 2.21. The first-order valence-electron chi connectivity index (χ1n) is 7.79. The maximum absolute atomic E-state index is 12.0. The van der Waals surface area contributed by atoms with E-state index >= 15 is 0 Å². The molecule has 126 valence electrons. The quantitative estimate of drug-likeness (QED) is 0.702. The van der Waals surface area contributed by atoms with Crippen molar-refractivity contribution < 1.29 is 19.1 Å². The first-order chi connectivity index (χ1) is 12.1. The summed E-state index contributed by atoms with van der Waals surface area (Å²) in [6.45, 7) is -0.311. The number of ether oxygens (including phenoxy) is 2. The van der Waals surface area contributed by atoms with E-state index in [-0.39, 0.29) is 6.61 Å². The summed E-state index contributed by atoms with van der Waals surface area (Å²) in [5, 5.41) is 2.09. The van der Waals surface area contributed by atoms with E-state index in [9.17, 15) is 9.59 Å². The summed E-state index contributed by atoms with van der Waals surface area (Å²) in [6.07, 6.45) is -1.13. The maximum Gasteiger partial charge on any atom is 0.345 e. The smallest absolute Gasteiger partial charge is 0.345 e. The SMILES string of the molecule is NC(=O)[C@@H](OC(=O)COc1ccc2ccccc2c1)c1ccccc1. The lowest BCUT2D eigenvalue weighted by atomic mass is 10.1. The van der Waals surface area contributed by atoms with Crippen molar-refractivity contribution >= 4 is 22.6 Å². The van der Waals surface area contributed by atoms with Crippen LogP contribution in [0.4, 0.5) is 0 Å². The van der Waals surface area contributed by atoms with Crippen LogP contribution in [0, 0.1) is 0 Å². The van der Waals surface area contributed by atoms with Gasteiger partial charge in [0.15, 0.2) is 6.61 Å². The van der Waals surface area contributed by atoms with Gasteiger partial charge in [0.05, 0.1) is 0 Å². The molecule has 0 unspecified atom stereocenters. The number of amides is 1. The molecule has 3 rings (SSSR count). The molecule has 0 heterocycles. The van der Waals surface area contributed by atoms with Gasteiger partial charge in [-0.05, 0) is 22.9 Å². The van der Waals surface area contributed by atoms with E-state index in [4.69, 9.17) is 15.2 Å². The predicted octanol–water partition coefficient (Wildman–Crippen LogP) is 2.99. The van der Waals surface area contributed by atoms with Gasteiger partial charge in [0.1, 0.15) is 5.75 Å². The average Bonchev–Trinajstić information content (AvgIpc) is 2.64. The summed E-state index contributed by atoms with van der Waals surface area (Å²) in [5.41, 5.74) is 5.85. The molecule has 5 heteroatoms. The molecule has 0 aliphatic heterocycles. The van der Waals surface area contributed by atoms with Crippen LogP contribution >= 0.6 is 0 Å². The summed E-state index contributed by atoms with van der Waals surface area (Å²) < 4.78 is 10.6. The zero-order chi connectivity index (χ0) is 17.6. The van der Waals surface area contributed by atoms with Crippen LogP contribution in [-0.2, 0) is 14.3 Å². The van der Waals surface area contributed by atoms with Crippen LogP contribution in [0.25, 0.3) is 10.8 Å². The molecule has 2 N–H and O–H groups in total. The van der Waals surface area contributed by atoms with Crippen molar-refractivity contribution in [2.75, 3.05) is 6.61 Å². The fraction of sp³-hybridized carbons (Fsp3) is 0.100. The van der Waals surface area contributed by atoms with Crippen molar-refractivity contribution in [3.05, 3.63) is 78.4 Å². The Morgan fingerprint density at radius 3 is 2.28 bits per heavy atom. The Bertz CT molecular complexity index is 892. The second kappa shape index (κ2) is 7.49. The highest BCUT2D eigenvalue weighted by molar-refractivity contribution is 5.85. The van der Waals surface area contributed by atoms with Gasteiger partial charge < -0.3 is 15.2 Å². The summed E-state index contributed by atoms with van der Waals surface area (Å²) >= 11 is 0. The number of nitrogens with two attached hydrogens (primary N) is 1. The van der Waals surface area contributed by atoms with E-state index in [0.717, 1.165) is 10.8 Å². The molecule has 5 nitrogen and oxygen atoms in total. The highest BCUT2D eigenvalue weighted by Gasteiger charge is 2.22. The number of benzene rings is 3. The van der Waals surface area contributed by atoms with Gasteiger partial charge in [0.2, 0.25) is 6.10 Å². The van der Waals surface area contributed by atoms with Crippen molar-refractivity contribution in [1.82, 2.24) is 0 Å². The topological polar surface area (TPSA) is 78.6 Å². The van der Waals surface area contributed by atoms with Gasteiger partial charge in [-0.1, -0.05) is 60.7 Å². The van der Waals surface area contributed by atoms with Gasteiger partial charge in [-0.3, -0.25) is 4.79 Å². The number of carbonyl (C=O) groups excluding carboxylic acids is 2. The van der Waals surface area contributed by atoms with Crippen LogP contribution in [-0.4, -0.2) is 18.5 Å².